The highest BCUT2D eigenvalue weighted by Gasteiger charge is 2.23. The van der Waals surface area contributed by atoms with Crippen LogP contribution in [0.1, 0.15) is 5.56 Å². The third-order valence-electron chi connectivity index (χ3n) is 11.9. The predicted molar refractivity (Wildman–Crippen MR) is 251 cm³/mol. The molecule has 0 aliphatic carbocycles. The van der Waals surface area contributed by atoms with Crippen LogP contribution in [0.15, 0.2) is 176 Å². The van der Waals surface area contributed by atoms with Gasteiger partial charge < -0.3 is 9.13 Å². The molecule has 0 N–H and O–H groups in total. The molecule has 0 amide bonds. The zero-order chi connectivity index (χ0) is 42.2. The van der Waals surface area contributed by atoms with Crippen LogP contribution < -0.4 is 0 Å². The fraction of sp³-hybridized carbons (Fsp3) is 0. The van der Waals surface area contributed by atoms with Gasteiger partial charge in [0.1, 0.15) is 6.07 Å². The number of nitriles is 1. The van der Waals surface area contributed by atoms with Crippen LogP contribution in [0.5, 0.6) is 0 Å². The number of hydrogen-bond acceptors (Lipinski definition) is 4. The topological polar surface area (TPSA) is 86.0 Å². The summed E-state index contributed by atoms with van der Waals surface area (Å²) in [4.78, 5) is 22.6. The molecule has 0 bridgehead atoms. The molecule has 9 heteroatoms. The number of nitrogens with zero attached hydrogens (tertiary/aromatic N) is 9. The zero-order valence-electron chi connectivity index (χ0n) is 33.3. The van der Waals surface area contributed by atoms with E-state index in [-0.39, 0.29) is 0 Å². The van der Waals surface area contributed by atoms with E-state index in [0.29, 0.717) is 40.1 Å². The van der Waals surface area contributed by atoms with Gasteiger partial charge in [-0.15, -0.1) is 0 Å². The first-order chi connectivity index (χ1) is 31.1. The molecule has 9 nitrogen and oxygen atoms in total. The molecule has 0 aliphatic rings. The summed E-state index contributed by atoms with van der Waals surface area (Å²) in [5.41, 5.74) is 10.5. The lowest BCUT2D eigenvalue weighted by Crippen LogP contribution is -2.06. The number of aromatic nitrogens is 6. The standard InChI is InChI=1S/C54H29N9/c1-56-36-22-26-47-42(30-36)43-31-37(57-2)23-27-48(43)63(47)54-59-52(33-13-5-3-6-14-33)58-53(60-54)34-21-25-44(35(29-34)32-55)62-46-20-12-10-18-41(46)50-49(62)28-24-40-39-17-9-11-19-45(39)61(51(40)50)38-15-7-4-8-16-38/h3-31H. The van der Waals surface area contributed by atoms with Crippen molar-refractivity contribution in [2.45, 2.75) is 0 Å². The molecule has 0 atom stereocenters. The molecule has 0 spiro atoms. The maximum absolute atomic E-state index is 11.0. The lowest BCUT2D eigenvalue weighted by Gasteiger charge is -2.13. The minimum absolute atomic E-state index is 0.368. The monoisotopic (exact) mass is 803 g/mol. The van der Waals surface area contributed by atoms with Crippen LogP contribution in [-0.4, -0.2) is 28.7 Å². The SMILES string of the molecule is [C-]#[N+]c1ccc2c(c1)c1cc([N+]#[C-])ccc1n2-c1nc(-c2ccccc2)nc(-c2ccc(-n3c4ccccc4c4c3ccc3c5ccccc5n(-c5ccccc5)c34)c(C#N)c2)n1. The molecule has 12 aromatic rings. The lowest BCUT2D eigenvalue weighted by molar-refractivity contribution is 0.953. The lowest BCUT2D eigenvalue weighted by atomic mass is 10.1. The largest absolute Gasteiger partial charge is 0.309 e. The molecule has 4 aromatic heterocycles. The van der Waals surface area contributed by atoms with Crippen LogP contribution >= 0.6 is 0 Å². The Kier molecular flexibility index (Phi) is 7.83. The van der Waals surface area contributed by atoms with Crippen molar-refractivity contribution in [1.29, 1.82) is 5.26 Å². The smallest absolute Gasteiger partial charge is 0.238 e. The summed E-state index contributed by atoms with van der Waals surface area (Å²) >= 11 is 0. The first kappa shape index (κ1) is 35.6. The summed E-state index contributed by atoms with van der Waals surface area (Å²) in [5.74, 6) is 1.22. The molecule has 0 saturated carbocycles. The predicted octanol–water partition coefficient (Wildman–Crippen LogP) is 13.5. The second-order valence-electron chi connectivity index (χ2n) is 15.4. The van der Waals surface area contributed by atoms with Crippen molar-refractivity contribution in [3.8, 4) is 46.2 Å². The van der Waals surface area contributed by atoms with Crippen LogP contribution in [0.4, 0.5) is 11.4 Å². The molecule has 0 unspecified atom stereocenters. The van der Waals surface area contributed by atoms with Gasteiger partial charge in [0.2, 0.25) is 5.95 Å². The molecule has 0 aliphatic heterocycles. The van der Waals surface area contributed by atoms with Gasteiger partial charge in [-0.1, -0.05) is 103 Å². The fourth-order valence-corrected chi connectivity index (χ4v) is 9.24. The van der Waals surface area contributed by atoms with Crippen molar-refractivity contribution >= 4 is 76.8 Å². The molecule has 0 radical (unpaired) electrons. The quantitative estimate of drug-likeness (QED) is 0.162. The Morgan fingerprint density at radius 1 is 0.444 bits per heavy atom. The highest BCUT2D eigenvalue weighted by Crippen LogP contribution is 2.43. The van der Waals surface area contributed by atoms with E-state index in [4.69, 9.17) is 28.1 Å². The highest BCUT2D eigenvalue weighted by atomic mass is 15.2. The number of para-hydroxylation sites is 3. The molecule has 290 valence electrons. The summed E-state index contributed by atoms with van der Waals surface area (Å²) in [5, 5.41) is 17.1. The van der Waals surface area contributed by atoms with Crippen molar-refractivity contribution in [2.24, 2.45) is 0 Å². The van der Waals surface area contributed by atoms with Crippen LogP contribution in [0.2, 0.25) is 0 Å². The van der Waals surface area contributed by atoms with Crippen molar-refractivity contribution in [3.63, 3.8) is 0 Å². The Bertz CT molecular complexity index is 3930. The molecular weight excluding hydrogens is 775 g/mol. The van der Waals surface area contributed by atoms with E-state index in [0.717, 1.165) is 77.0 Å². The van der Waals surface area contributed by atoms with E-state index in [1.807, 2.05) is 89.5 Å². The minimum Gasteiger partial charge on any atom is -0.309 e. The molecule has 8 aromatic carbocycles. The van der Waals surface area contributed by atoms with Gasteiger partial charge in [-0.3, -0.25) is 4.57 Å². The first-order valence-electron chi connectivity index (χ1n) is 20.3. The van der Waals surface area contributed by atoms with Gasteiger partial charge >= 0.3 is 0 Å². The van der Waals surface area contributed by atoms with E-state index < -0.39 is 0 Å². The zero-order valence-corrected chi connectivity index (χ0v) is 33.3. The molecular formula is C54H29N9. The molecule has 0 fully saturated rings. The average molecular weight is 804 g/mol. The second kappa shape index (κ2) is 13.9. The average Bonchev–Trinajstić information content (AvgIpc) is 3.99. The van der Waals surface area contributed by atoms with Gasteiger partial charge in [-0.25, -0.2) is 14.7 Å². The summed E-state index contributed by atoms with van der Waals surface area (Å²) in [6, 6.07) is 60.9. The van der Waals surface area contributed by atoms with Crippen LogP contribution in [0.25, 0.3) is 115 Å². The van der Waals surface area contributed by atoms with E-state index in [1.165, 1.54) is 5.39 Å². The third-order valence-corrected chi connectivity index (χ3v) is 11.9. The van der Waals surface area contributed by atoms with Crippen LogP contribution in [-0.2, 0) is 0 Å². The van der Waals surface area contributed by atoms with Gasteiger partial charge in [0.25, 0.3) is 0 Å². The Hall–Kier alpha value is -9.36. The van der Waals surface area contributed by atoms with Gasteiger partial charge in [0, 0.05) is 38.4 Å². The van der Waals surface area contributed by atoms with Crippen molar-refractivity contribution in [3.05, 3.63) is 204 Å². The maximum Gasteiger partial charge on any atom is 0.238 e. The third kappa shape index (κ3) is 5.36. The molecule has 4 heterocycles. The highest BCUT2D eigenvalue weighted by molar-refractivity contribution is 6.26. The van der Waals surface area contributed by atoms with Crippen LogP contribution in [0, 0.1) is 24.5 Å². The number of benzene rings is 8. The molecule has 0 saturated heterocycles. The van der Waals surface area contributed by atoms with Gasteiger partial charge in [0.05, 0.1) is 57.5 Å². The van der Waals surface area contributed by atoms with Crippen molar-refractivity contribution < 1.29 is 0 Å². The number of fused-ring (bicyclic) bond motifs is 10. The number of hydrogen-bond donors (Lipinski definition) is 0. The van der Waals surface area contributed by atoms with E-state index in [2.05, 4.69) is 104 Å². The van der Waals surface area contributed by atoms with Crippen LogP contribution in [0.3, 0.4) is 0 Å². The Morgan fingerprint density at radius 2 is 1.02 bits per heavy atom. The Labute approximate surface area is 359 Å². The fourth-order valence-electron chi connectivity index (χ4n) is 9.24. The van der Waals surface area contributed by atoms with Gasteiger partial charge in [0.15, 0.2) is 23.0 Å². The first-order valence-corrected chi connectivity index (χ1v) is 20.3. The van der Waals surface area contributed by atoms with Crippen molar-refractivity contribution in [2.75, 3.05) is 0 Å². The Balaban J connectivity index is 1.09. The molecule has 12 rings (SSSR count). The summed E-state index contributed by atoms with van der Waals surface area (Å²) in [6.45, 7) is 15.4. The van der Waals surface area contributed by atoms with Gasteiger partial charge in [-0.05, 0) is 83.6 Å². The van der Waals surface area contributed by atoms with E-state index in [1.54, 1.807) is 12.1 Å². The summed E-state index contributed by atoms with van der Waals surface area (Å²) in [6.07, 6.45) is 0. The van der Waals surface area contributed by atoms with E-state index >= 15 is 0 Å². The number of rotatable bonds is 5. The van der Waals surface area contributed by atoms with E-state index in [9.17, 15) is 5.26 Å². The molecule has 63 heavy (non-hydrogen) atoms. The Morgan fingerprint density at radius 3 is 1.68 bits per heavy atom. The summed E-state index contributed by atoms with van der Waals surface area (Å²) in [7, 11) is 0. The minimum atomic E-state index is 0.368. The second-order valence-corrected chi connectivity index (χ2v) is 15.4. The van der Waals surface area contributed by atoms with Gasteiger partial charge in [-0.2, -0.15) is 15.2 Å². The normalized spacial score (nSPS) is 11.4. The summed E-state index contributed by atoms with van der Waals surface area (Å²) < 4.78 is 6.50. The van der Waals surface area contributed by atoms with Crippen molar-refractivity contribution in [1.82, 2.24) is 28.7 Å². The maximum atomic E-state index is 11.0.